The number of benzene rings is 1. The molecule has 1 aromatic heterocycles. The van der Waals surface area contributed by atoms with E-state index < -0.39 is 12.3 Å². The molecule has 0 radical (unpaired) electrons. The number of halogens is 3. The Balaban J connectivity index is 2.32. The molecule has 21 heavy (non-hydrogen) atoms. The summed E-state index contributed by atoms with van der Waals surface area (Å²) < 4.78 is 46.3. The molecule has 2 N–H and O–H groups in total. The molecule has 0 saturated heterocycles. The number of hydrogen-bond acceptors (Lipinski definition) is 3. The van der Waals surface area contributed by atoms with Crippen LogP contribution in [0.5, 0.6) is 5.75 Å². The second-order valence-electron chi connectivity index (χ2n) is 3.98. The smallest absolute Gasteiger partial charge is 0.457 e. The summed E-state index contributed by atoms with van der Waals surface area (Å²) in [5, 5.41) is 0. The lowest BCUT2D eigenvalue weighted by molar-refractivity contribution is -0.274. The summed E-state index contributed by atoms with van der Waals surface area (Å²) in [6, 6.07) is 8.56. The first-order chi connectivity index (χ1) is 9.85. The Morgan fingerprint density at radius 3 is 2.57 bits per heavy atom. The number of carbonyl (C=O) groups excluding carboxylic acids is 1. The van der Waals surface area contributed by atoms with E-state index in [1.807, 2.05) is 0 Å². The van der Waals surface area contributed by atoms with Crippen LogP contribution in [-0.4, -0.2) is 12.3 Å². The Morgan fingerprint density at radius 2 is 1.90 bits per heavy atom. The van der Waals surface area contributed by atoms with Crippen molar-refractivity contribution in [2.75, 3.05) is 0 Å². The molecule has 2 aromatic rings. The lowest BCUT2D eigenvalue weighted by Gasteiger charge is -2.11. The largest absolute Gasteiger partial charge is 0.573 e. The molecule has 0 aliphatic rings. The van der Waals surface area contributed by atoms with Crippen LogP contribution in [0.4, 0.5) is 13.2 Å². The molecule has 2 rings (SSSR count). The van der Waals surface area contributed by atoms with Gasteiger partial charge in [0, 0.05) is 6.08 Å². The third-order valence-electron chi connectivity index (χ3n) is 2.42. The highest BCUT2D eigenvalue weighted by Gasteiger charge is 2.32. The van der Waals surface area contributed by atoms with E-state index in [1.54, 1.807) is 6.07 Å². The normalized spacial score (nSPS) is 11.8. The first kappa shape index (κ1) is 14.7. The number of ether oxygens (including phenoxy) is 1. The van der Waals surface area contributed by atoms with Crippen molar-refractivity contribution in [2.24, 2.45) is 5.73 Å². The van der Waals surface area contributed by atoms with Gasteiger partial charge >= 0.3 is 6.36 Å². The summed E-state index contributed by atoms with van der Waals surface area (Å²) in [5.74, 6) is -0.567. The van der Waals surface area contributed by atoms with Gasteiger partial charge in [-0.25, -0.2) is 0 Å². The van der Waals surface area contributed by atoms with Gasteiger partial charge in [-0.05, 0) is 30.3 Å². The van der Waals surface area contributed by atoms with Crippen LogP contribution in [0.25, 0.3) is 17.4 Å². The fraction of sp³-hybridized carbons (Fsp3) is 0.0714. The molecule has 0 spiro atoms. The summed E-state index contributed by atoms with van der Waals surface area (Å²) >= 11 is 0. The van der Waals surface area contributed by atoms with Crippen LogP contribution in [0.1, 0.15) is 5.76 Å². The monoisotopic (exact) mass is 297 g/mol. The van der Waals surface area contributed by atoms with Crippen molar-refractivity contribution in [1.82, 2.24) is 0 Å². The van der Waals surface area contributed by atoms with Gasteiger partial charge in [0.1, 0.15) is 17.3 Å². The molecular formula is C14H10F3NO3. The van der Waals surface area contributed by atoms with Crippen molar-refractivity contribution in [3.63, 3.8) is 0 Å². The lowest BCUT2D eigenvalue weighted by Crippen LogP contribution is -2.17. The quantitative estimate of drug-likeness (QED) is 0.880. The predicted molar refractivity (Wildman–Crippen MR) is 69.1 cm³/mol. The topological polar surface area (TPSA) is 65.5 Å². The van der Waals surface area contributed by atoms with Gasteiger partial charge < -0.3 is 14.9 Å². The molecule has 1 amide bonds. The highest BCUT2D eigenvalue weighted by molar-refractivity contribution is 5.89. The number of hydrogen-bond donors (Lipinski definition) is 1. The highest BCUT2D eigenvalue weighted by atomic mass is 19.4. The summed E-state index contributed by atoms with van der Waals surface area (Å²) in [6.45, 7) is 0. The Bertz CT molecular complexity index is 674. The van der Waals surface area contributed by atoms with Crippen LogP contribution >= 0.6 is 0 Å². The molecule has 0 bridgehead atoms. The maximum Gasteiger partial charge on any atom is 0.573 e. The van der Waals surface area contributed by atoms with Gasteiger partial charge in [0.05, 0.1) is 5.56 Å². The van der Waals surface area contributed by atoms with E-state index in [2.05, 4.69) is 4.74 Å². The van der Waals surface area contributed by atoms with E-state index in [1.165, 1.54) is 36.4 Å². The zero-order valence-corrected chi connectivity index (χ0v) is 10.6. The number of rotatable bonds is 4. The zero-order chi connectivity index (χ0) is 15.5. The SMILES string of the molecule is NC(=O)/C=C/c1ccc(-c2ccccc2OC(F)(F)F)o1. The molecule has 110 valence electrons. The molecular weight excluding hydrogens is 287 g/mol. The minimum Gasteiger partial charge on any atom is -0.457 e. The van der Waals surface area contributed by atoms with E-state index in [0.29, 0.717) is 0 Å². The third-order valence-corrected chi connectivity index (χ3v) is 2.42. The minimum atomic E-state index is -4.79. The highest BCUT2D eigenvalue weighted by Crippen LogP contribution is 2.34. The van der Waals surface area contributed by atoms with Gasteiger partial charge in [0.25, 0.3) is 0 Å². The van der Waals surface area contributed by atoms with Crippen molar-refractivity contribution in [3.8, 4) is 17.1 Å². The standard InChI is InChI=1S/C14H10F3NO3/c15-14(16,17)21-12-4-2-1-3-10(12)11-7-5-9(20-11)6-8-13(18)19/h1-8H,(H2,18,19)/b8-6+. The maximum atomic E-state index is 12.3. The molecule has 4 nitrogen and oxygen atoms in total. The fourth-order valence-electron chi connectivity index (χ4n) is 1.64. The average Bonchev–Trinajstić information content (AvgIpc) is 2.83. The molecule has 0 aliphatic heterocycles. The molecule has 7 heteroatoms. The first-order valence-electron chi connectivity index (χ1n) is 5.77. The van der Waals surface area contributed by atoms with Crippen LogP contribution in [0, 0.1) is 0 Å². The number of alkyl halides is 3. The second kappa shape index (κ2) is 5.74. The summed E-state index contributed by atoms with van der Waals surface area (Å²) in [6.07, 6.45) is -2.39. The van der Waals surface area contributed by atoms with Gasteiger partial charge in [-0.2, -0.15) is 0 Å². The number of furan rings is 1. The fourth-order valence-corrected chi connectivity index (χ4v) is 1.64. The molecule has 1 aromatic carbocycles. The molecule has 0 unspecified atom stereocenters. The van der Waals surface area contributed by atoms with Crippen molar-refractivity contribution in [3.05, 3.63) is 48.2 Å². The van der Waals surface area contributed by atoms with E-state index >= 15 is 0 Å². The number of amides is 1. The van der Waals surface area contributed by atoms with Crippen LogP contribution in [-0.2, 0) is 4.79 Å². The maximum absolute atomic E-state index is 12.3. The van der Waals surface area contributed by atoms with Crippen LogP contribution in [0.2, 0.25) is 0 Å². The second-order valence-corrected chi connectivity index (χ2v) is 3.98. The van der Waals surface area contributed by atoms with Gasteiger partial charge in [0.2, 0.25) is 5.91 Å². The third kappa shape index (κ3) is 4.13. The van der Waals surface area contributed by atoms with Gasteiger partial charge in [-0.3, -0.25) is 4.79 Å². The van der Waals surface area contributed by atoms with E-state index in [-0.39, 0.29) is 22.8 Å². The Morgan fingerprint density at radius 1 is 1.19 bits per heavy atom. The zero-order valence-electron chi connectivity index (χ0n) is 10.6. The molecule has 0 atom stereocenters. The Hall–Kier alpha value is -2.70. The van der Waals surface area contributed by atoms with Crippen molar-refractivity contribution in [1.29, 1.82) is 0 Å². The van der Waals surface area contributed by atoms with Gasteiger partial charge in [-0.15, -0.1) is 13.2 Å². The van der Waals surface area contributed by atoms with E-state index in [4.69, 9.17) is 10.2 Å². The number of carbonyl (C=O) groups is 1. The van der Waals surface area contributed by atoms with Crippen molar-refractivity contribution >= 4 is 12.0 Å². The van der Waals surface area contributed by atoms with Crippen LogP contribution in [0.3, 0.4) is 0 Å². The van der Waals surface area contributed by atoms with Crippen LogP contribution in [0.15, 0.2) is 46.9 Å². The minimum absolute atomic E-state index is 0.147. The summed E-state index contributed by atoms with van der Waals surface area (Å²) in [7, 11) is 0. The Labute approximate surface area is 117 Å². The van der Waals surface area contributed by atoms with Gasteiger partial charge in [-0.1, -0.05) is 12.1 Å². The van der Waals surface area contributed by atoms with Crippen molar-refractivity contribution in [2.45, 2.75) is 6.36 Å². The molecule has 0 fully saturated rings. The number of primary amides is 1. The van der Waals surface area contributed by atoms with Crippen molar-refractivity contribution < 1.29 is 27.1 Å². The number of nitrogens with two attached hydrogens (primary N) is 1. The molecule has 0 saturated carbocycles. The first-order valence-corrected chi connectivity index (χ1v) is 5.77. The molecule has 1 heterocycles. The summed E-state index contributed by atoms with van der Waals surface area (Å²) in [4.78, 5) is 10.6. The summed E-state index contributed by atoms with van der Waals surface area (Å²) in [5.41, 5.74) is 5.09. The Kier molecular flexibility index (Phi) is 4.02. The average molecular weight is 297 g/mol. The van der Waals surface area contributed by atoms with E-state index in [0.717, 1.165) is 6.08 Å². The molecule has 0 aliphatic carbocycles. The van der Waals surface area contributed by atoms with Gasteiger partial charge in [0.15, 0.2) is 0 Å². The lowest BCUT2D eigenvalue weighted by atomic mass is 10.1. The van der Waals surface area contributed by atoms with E-state index in [9.17, 15) is 18.0 Å². The number of para-hydroxylation sites is 1. The predicted octanol–water partition coefficient (Wildman–Crippen LogP) is 3.34. The van der Waals surface area contributed by atoms with Crippen LogP contribution < -0.4 is 10.5 Å².